The molecule has 2 aromatic carbocycles. The Kier molecular flexibility index (Phi) is 9.94. The van der Waals surface area contributed by atoms with Crippen LogP contribution in [0.15, 0.2) is 48.5 Å². The van der Waals surface area contributed by atoms with Crippen LogP contribution in [0.5, 0.6) is 0 Å². The molecular formula is C25H34ClN3O4S. The molecule has 2 aromatic rings. The molecule has 0 fully saturated rings. The van der Waals surface area contributed by atoms with Crippen LogP contribution in [-0.2, 0) is 26.2 Å². The number of benzene rings is 2. The molecular weight excluding hydrogens is 474 g/mol. The molecule has 0 saturated heterocycles. The van der Waals surface area contributed by atoms with Crippen molar-refractivity contribution in [2.24, 2.45) is 0 Å². The lowest BCUT2D eigenvalue weighted by Crippen LogP contribution is -2.49. The number of sulfonamides is 1. The SMILES string of the molecule is Cc1cccc(N(CCCC(=O)N(Cc2cccc(Cl)c2)[C@@H](C)C(=O)NC(C)C)S(C)(=O)=O)c1. The average molecular weight is 508 g/mol. The average Bonchev–Trinajstić information content (AvgIpc) is 2.73. The van der Waals surface area contributed by atoms with Gasteiger partial charge in [-0.05, 0) is 69.5 Å². The van der Waals surface area contributed by atoms with Gasteiger partial charge in [-0.3, -0.25) is 13.9 Å². The van der Waals surface area contributed by atoms with E-state index >= 15 is 0 Å². The van der Waals surface area contributed by atoms with E-state index in [1.165, 1.54) is 9.21 Å². The third-order valence-electron chi connectivity index (χ3n) is 5.28. The molecule has 0 saturated carbocycles. The highest BCUT2D eigenvalue weighted by Crippen LogP contribution is 2.21. The molecule has 2 rings (SSSR count). The molecule has 0 heterocycles. The van der Waals surface area contributed by atoms with E-state index in [1.54, 1.807) is 43.3 Å². The van der Waals surface area contributed by atoms with Crippen LogP contribution >= 0.6 is 11.6 Å². The predicted octanol–water partition coefficient (Wildman–Crippen LogP) is 4.14. The second-order valence-corrected chi connectivity index (χ2v) is 11.1. The Morgan fingerprint density at radius 3 is 2.32 bits per heavy atom. The van der Waals surface area contributed by atoms with Gasteiger partial charge in [0.05, 0.1) is 11.9 Å². The second-order valence-electron chi connectivity index (χ2n) is 8.77. The molecule has 0 spiro atoms. The summed E-state index contributed by atoms with van der Waals surface area (Å²) in [6.45, 7) is 7.68. The molecule has 1 atom stereocenters. The van der Waals surface area contributed by atoms with Crippen molar-refractivity contribution in [3.8, 4) is 0 Å². The number of hydrogen-bond donors (Lipinski definition) is 1. The summed E-state index contributed by atoms with van der Waals surface area (Å²) in [5.41, 5.74) is 2.32. The van der Waals surface area contributed by atoms with Gasteiger partial charge in [-0.15, -0.1) is 0 Å². The van der Waals surface area contributed by atoms with Crippen molar-refractivity contribution < 1.29 is 18.0 Å². The van der Waals surface area contributed by atoms with Crippen molar-refractivity contribution in [2.45, 2.75) is 59.2 Å². The lowest BCUT2D eigenvalue weighted by atomic mass is 10.1. The van der Waals surface area contributed by atoms with Crippen LogP contribution in [0.4, 0.5) is 5.69 Å². The lowest BCUT2D eigenvalue weighted by Gasteiger charge is -2.30. The van der Waals surface area contributed by atoms with E-state index in [-0.39, 0.29) is 37.4 Å². The second kappa shape index (κ2) is 12.2. The number of aryl methyl sites for hydroxylation is 1. The number of nitrogens with zero attached hydrogens (tertiary/aromatic N) is 2. The molecule has 0 radical (unpaired) electrons. The zero-order chi connectivity index (χ0) is 25.5. The van der Waals surface area contributed by atoms with Crippen LogP contribution in [0.25, 0.3) is 0 Å². The summed E-state index contributed by atoms with van der Waals surface area (Å²) in [7, 11) is -3.52. The van der Waals surface area contributed by atoms with Gasteiger partial charge >= 0.3 is 0 Å². The van der Waals surface area contributed by atoms with Crippen LogP contribution in [0.2, 0.25) is 5.02 Å². The fraction of sp³-hybridized carbons (Fsp3) is 0.440. The molecule has 7 nitrogen and oxygen atoms in total. The van der Waals surface area contributed by atoms with E-state index in [4.69, 9.17) is 11.6 Å². The Bertz CT molecular complexity index is 1100. The number of anilines is 1. The number of rotatable bonds is 11. The van der Waals surface area contributed by atoms with Gasteiger partial charge in [-0.25, -0.2) is 8.42 Å². The number of amides is 2. The third-order valence-corrected chi connectivity index (χ3v) is 6.71. The Morgan fingerprint density at radius 2 is 1.74 bits per heavy atom. The van der Waals surface area contributed by atoms with Crippen molar-refractivity contribution >= 4 is 39.1 Å². The van der Waals surface area contributed by atoms with Gasteiger partial charge in [-0.1, -0.05) is 35.9 Å². The zero-order valence-corrected chi connectivity index (χ0v) is 22.0. The maximum Gasteiger partial charge on any atom is 0.242 e. The van der Waals surface area contributed by atoms with Crippen molar-refractivity contribution in [3.63, 3.8) is 0 Å². The topological polar surface area (TPSA) is 86.8 Å². The monoisotopic (exact) mass is 507 g/mol. The number of nitrogens with one attached hydrogen (secondary N) is 1. The van der Waals surface area contributed by atoms with E-state index in [0.29, 0.717) is 17.1 Å². The highest BCUT2D eigenvalue weighted by Gasteiger charge is 2.27. The normalized spacial score (nSPS) is 12.3. The maximum absolute atomic E-state index is 13.2. The number of halogens is 1. The Hall–Kier alpha value is -2.58. The molecule has 0 bridgehead atoms. The molecule has 0 aliphatic rings. The smallest absolute Gasteiger partial charge is 0.242 e. The molecule has 34 heavy (non-hydrogen) atoms. The van der Waals surface area contributed by atoms with Gasteiger partial charge in [0.2, 0.25) is 21.8 Å². The maximum atomic E-state index is 13.2. The van der Waals surface area contributed by atoms with Crippen LogP contribution in [0.1, 0.15) is 44.7 Å². The first kappa shape index (κ1) is 27.7. The van der Waals surface area contributed by atoms with Crippen LogP contribution in [0, 0.1) is 6.92 Å². The summed E-state index contributed by atoms with van der Waals surface area (Å²) >= 11 is 6.10. The number of carbonyl (C=O) groups excluding carboxylic acids is 2. The Morgan fingerprint density at radius 1 is 1.06 bits per heavy atom. The minimum atomic E-state index is -3.52. The summed E-state index contributed by atoms with van der Waals surface area (Å²) in [5.74, 6) is -0.480. The van der Waals surface area contributed by atoms with Gasteiger partial charge in [0.25, 0.3) is 0 Å². The summed E-state index contributed by atoms with van der Waals surface area (Å²) < 4.78 is 26.1. The molecule has 1 N–H and O–H groups in total. The number of carbonyl (C=O) groups is 2. The van der Waals surface area contributed by atoms with Crippen molar-refractivity contribution in [1.82, 2.24) is 10.2 Å². The van der Waals surface area contributed by atoms with Gasteiger partial charge in [0.1, 0.15) is 6.04 Å². The molecule has 2 amide bonds. The van der Waals surface area contributed by atoms with E-state index < -0.39 is 16.1 Å². The molecule has 0 aliphatic carbocycles. The fourth-order valence-electron chi connectivity index (χ4n) is 3.61. The summed E-state index contributed by atoms with van der Waals surface area (Å²) in [6, 6.07) is 13.6. The number of hydrogen-bond acceptors (Lipinski definition) is 4. The zero-order valence-electron chi connectivity index (χ0n) is 20.4. The first-order chi connectivity index (χ1) is 15.9. The van der Waals surface area contributed by atoms with Gasteiger partial charge < -0.3 is 10.2 Å². The minimum Gasteiger partial charge on any atom is -0.352 e. The Balaban J connectivity index is 2.17. The minimum absolute atomic E-state index is 0.0595. The largest absolute Gasteiger partial charge is 0.352 e. The Labute approximate surface area is 208 Å². The van der Waals surface area contributed by atoms with Crippen molar-refractivity contribution in [1.29, 1.82) is 0 Å². The highest BCUT2D eigenvalue weighted by atomic mass is 35.5. The first-order valence-electron chi connectivity index (χ1n) is 11.3. The quantitative estimate of drug-likeness (QED) is 0.495. The first-order valence-corrected chi connectivity index (χ1v) is 13.5. The van der Waals surface area contributed by atoms with E-state index in [2.05, 4.69) is 5.32 Å². The molecule has 186 valence electrons. The standard InChI is InChI=1S/C25H34ClN3O4S/c1-18(2)27-25(31)20(4)28(17-21-10-7-11-22(26)16-21)24(30)13-8-14-29(34(5,32)33)23-12-6-9-19(3)15-23/h6-7,9-12,15-16,18,20H,8,13-14,17H2,1-5H3,(H,27,31)/t20-/m0/s1. The van der Waals surface area contributed by atoms with Crippen LogP contribution in [-0.4, -0.2) is 50.0 Å². The molecule has 0 aromatic heterocycles. The van der Waals surface area contributed by atoms with E-state index in [1.807, 2.05) is 32.9 Å². The van der Waals surface area contributed by atoms with E-state index in [9.17, 15) is 18.0 Å². The summed E-state index contributed by atoms with van der Waals surface area (Å²) in [5, 5.41) is 3.40. The van der Waals surface area contributed by atoms with Gasteiger partial charge in [0.15, 0.2) is 0 Å². The molecule has 0 aliphatic heterocycles. The lowest BCUT2D eigenvalue weighted by molar-refractivity contribution is -0.140. The fourth-order valence-corrected chi connectivity index (χ4v) is 4.78. The molecule has 9 heteroatoms. The van der Waals surface area contributed by atoms with Crippen LogP contribution in [0.3, 0.4) is 0 Å². The van der Waals surface area contributed by atoms with Crippen LogP contribution < -0.4 is 9.62 Å². The summed E-state index contributed by atoms with van der Waals surface area (Å²) in [6.07, 6.45) is 1.56. The van der Waals surface area contributed by atoms with Crippen molar-refractivity contribution in [3.05, 3.63) is 64.7 Å². The third kappa shape index (κ3) is 8.33. The summed E-state index contributed by atoms with van der Waals surface area (Å²) in [4.78, 5) is 27.4. The van der Waals surface area contributed by atoms with Gasteiger partial charge in [-0.2, -0.15) is 0 Å². The predicted molar refractivity (Wildman–Crippen MR) is 137 cm³/mol. The van der Waals surface area contributed by atoms with Crippen molar-refractivity contribution in [2.75, 3.05) is 17.1 Å². The highest BCUT2D eigenvalue weighted by molar-refractivity contribution is 7.92. The van der Waals surface area contributed by atoms with Gasteiger partial charge in [0, 0.05) is 30.6 Å². The van der Waals surface area contributed by atoms with E-state index in [0.717, 1.165) is 17.4 Å². The molecule has 0 unspecified atom stereocenters.